The van der Waals surface area contributed by atoms with Crippen LogP contribution in [-0.2, 0) is 42.4 Å². The molecule has 0 aliphatic carbocycles. The first-order chi connectivity index (χ1) is 21.3. The van der Waals surface area contributed by atoms with Crippen molar-refractivity contribution < 1.29 is 26.3 Å². The number of hydrogen-bond donors (Lipinski definition) is 2. The minimum absolute atomic E-state index is 0.127. The second-order valence-corrected chi connectivity index (χ2v) is 15.5. The van der Waals surface area contributed by atoms with E-state index < -0.39 is 50.1 Å². The number of sulfonamides is 2. The molecule has 8 nitrogen and oxygen atoms in total. The quantitative estimate of drug-likeness (QED) is 0.216. The highest BCUT2D eigenvalue weighted by Gasteiger charge is 2.50. The molecule has 1 aliphatic rings. The van der Waals surface area contributed by atoms with E-state index in [9.17, 15) is 16.8 Å². The van der Waals surface area contributed by atoms with Crippen LogP contribution in [0.15, 0.2) is 119 Å². The van der Waals surface area contributed by atoms with Crippen LogP contribution in [0.3, 0.4) is 0 Å². The van der Waals surface area contributed by atoms with Crippen molar-refractivity contribution >= 4 is 20.0 Å². The molecule has 1 saturated heterocycles. The topological polar surface area (TPSA) is 111 Å². The minimum Gasteiger partial charge on any atom is -0.343 e. The van der Waals surface area contributed by atoms with Crippen molar-refractivity contribution in [3.05, 3.63) is 131 Å². The van der Waals surface area contributed by atoms with Crippen LogP contribution in [0.25, 0.3) is 0 Å². The van der Waals surface area contributed by atoms with Gasteiger partial charge in [-0.1, -0.05) is 96.1 Å². The summed E-state index contributed by atoms with van der Waals surface area (Å²) in [5.41, 5.74) is 3.66. The van der Waals surface area contributed by atoms with Gasteiger partial charge in [0.05, 0.1) is 21.9 Å². The van der Waals surface area contributed by atoms with Gasteiger partial charge in [-0.3, -0.25) is 0 Å². The van der Waals surface area contributed by atoms with Crippen LogP contribution < -0.4 is 9.44 Å². The van der Waals surface area contributed by atoms with Gasteiger partial charge in [0.25, 0.3) is 0 Å². The van der Waals surface area contributed by atoms with Gasteiger partial charge in [0, 0.05) is 0 Å². The fourth-order valence-corrected chi connectivity index (χ4v) is 8.09. The molecule has 1 heterocycles. The van der Waals surface area contributed by atoms with Crippen molar-refractivity contribution in [3.63, 3.8) is 0 Å². The molecule has 0 aromatic heterocycles. The highest BCUT2D eigenvalue weighted by atomic mass is 32.2. The van der Waals surface area contributed by atoms with Crippen molar-refractivity contribution in [3.8, 4) is 0 Å². The van der Waals surface area contributed by atoms with E-state index in [1.807, 2.05) is 74.5 Å². The molecule has 4 atom stereocenters. The van der Waals surface area contributed by atoms with E-state index in [4.69, 9.17) is 9.47 Å². The van der Waals surface area contributed by atoms with Crippen molar-refractivity contribution in [1.82, 2.24) is 9.44 Å². The van der Waals surface area contributed by atoms with Gasteiger partial charge in [-0.2, -0.15) is 0 Å². The molecule has 4 aromatic rings. The number of nitrogens with one attached hydrogen (secondary N) is 2. The summed E-state index contributed by atoms with van der Waals surface area (Å²) >= 11 is 0. The van der Waals surface area contributed by atoms with E-state index in [1.54, 1.807) is 62.4 Å². The van der Waals surface area contributed by atoms with Gasteiger partial charge in [-0.15, -0.1) is 0 Å². The maximum atomic E-state index is 13.8. The zero-order chi connectivity index (χ0) is 32.2. The Labute approximate surface area is 266 Å². The lowest BCUT2D eigenvalue weighted by Crippen LogP contribution is -2.55. The SMILES string of the molecule is Cc1ccc(S(=O)(=O)N[C@@H](Cc2ccccc2)[C@H]2OC(C)(C)O[C@@H]2[C@H](Cc2ccccc2)NS(=O)(=O)c2ccc(C)cc2)cc1. The lowest BCUT2D eigenvalue weighted by atomic mass is 9.92. The van der Waals surface area contributed by atoms with E-state index in [2.05, 4.69) is 9.44 Å². The second kappa shape index (κ2) is 13.5. The molecule has 10 heteroatoms. The molecule has 5 rings (SSSR count). The second-order valence-electron chi connectivity index (χ2n) is 12.0. The Kier molecular flexibility index (Phi) is 9.93. The molecule has 0 bridgehead atoms. The standard InChI is InChI=1S/C35H40N2O6S2/c1-25-15-19-29(20-16-25)44(38,39)36-31(23-27-11-7-5-8-12-27)33-34(43-35(3,4)42-33)32(24-28-13-9-6-10-14-28)37-45(40,41)30-21-17-26(2)18-22-30/h5-22,31-34,36-37H,23-24H2,1-4H3/t31-,32-,33+,34+/m0/s1. The van der Waals surface area contributed by atoms with E-state index in [0.717, 1.165) is 22.3 Å². The van der Waals surface area contributed by atoms with Crippen LogP contribution in [0.5, 0.6) is 0 Å². The normalized spacial score (nSPS) is 19.6. The van der Waals surface area contributed by atoms with Crippen molar-refractivity contribution in [1.29, 1.82) is 0 Å². The molecule has 0 unspecified atom stereocenters. The van der Waals surface area contributed by atoms with Gasteiger partial charge < -0.3 is 9.47 Å². The lowest BCUT2D eigenvalue weighted by molar-refractivity contribution is -0.149. The van der Waals surface area contributed by atoms with Crippen molar-refractivity contribution in [2.24, 2.45) is 0 Å². The Balaban J connectivity index is 1.55. The first kappa shape index (κ1) is 33.0. The van der Waals surface area contributed by atoms with Crippen molar-refractivity contribution in [2.75, 3.05) is 0 Å². The number of ether oxygens (including phenoxy) is 2. The molecule has 45 heavy (non-hydrogen) atoms. The molecule has 0 amide bonds. The highest BCUT2D eigenvalue weighted by molar-refractivity contribution is 7.89. The fourth-order valence-electron chi connectivity index (χ4n) is 5.59. The predicted molar refractivity (Wildman–Crippen MR) is 175 cm³/mol. The summed E-state index contributed by atoms with van der Waals surface area (Å²) in [6.45, 7) is 7.29. The van der Waals surface area contributed by atoms with Crippen LogP contribution in [-0.4, -0.2) is 46.9 Å². The average molecular weight is 649 g/mol. The summed E-state index contributed by atoms with van der Waals surface area (Å²) in [5.74, 6) is -1.12. The van der Waals surface area contributed by atoms with Gasteiger partial charge in [0.2, 0.25) is 20.0 Å². The van der Waals surface area contributed by atoms with E-state index in [0.29, 0.717) is 0 Å². The van der Waals surface area contributed by atoms with E-state index in [-0.39, 0.29) is 22.6 Å². The molecule has 0 saturated carbocycles. The minimum atomic E-state index is -3.99. The predicted octanol–water partition coefficient (Wildman–Crippen LogP) is 5.30. The molecule has 2 N–H and O–H groups in total. The molecule has 1 fully saturated rings. The first-order valence-corrected chi connectivity index (χ1v) is 17.9. The molecule has 238 valence electrons. The Bertz CT molecular complexity index is 1650. The smallest absolute Gasteiger partial charge is 0.240 e. The summed E-state index contributed by atoms with van der Waals surface area (Å²) in [5, 5.41) is 0. The summed E-state index contributed by atoms with van der Waals surface area (Å²) in [4.78, 5) is 0.253. The zero-order valence-corrected chi connectivity index (χ0v) is 27.5. The van der Waals surface area contributed by atoms with Gasteiger partial charge in [-0.05, 0) is 75.9 Å². The Morgan fingerprint density at radius 1 is 0.578 bits per heavy atom. The third-order valence-electron chi connectivity index (χ3n) is 7.83. The Morgan fingerprint density at radius 3 is 1.24 bits per heavy atom. The Morgan fingerprint density at radius 2 is 0.911 bits per heavy atom. The van der Waals surface area contributed by atoms with Gasteiger partial charge in [0.1, 0.15) is 12.2 Å². The summed E-state index contributed by atoms with van der Waals surface area (Å²) in [6.07, 6.45) is -1.13. The van der Waals surface area contributed by atoms with Gasteiger partial charge in [-0.25, -0.2) is 26.3 Å². The summed E-state index contributed by atoms with van der Waals surface area (Å²) in [7, 11) is -7.97. The monoisotopic (exact) mass is 648 g/mol. The van der Waals surface area contributed by atoms with Crippen molar-refractivity contribution in [2.45, 2.75) is 80.4 Å². The van der Waals surface area contributed by atoms with Gasteiger partial charge >= 0.3 is 0 Å². The zero-order valence-electron chi connectivity index (χ0n) is 25.9. The largest absolute Gasteiger partial charge is 0.343 e. The average Bonchev–Trinajstić information content (AvgIpc) is 3.33. The van der Waals surface area contributed by atoms with Gasteiger partial charge in [0.15, 0.2) is 5.79 Å². The molecular formula is C35H40N2O6S2. The summed E-state index contributed by atoms with van der Waals surface area (Å²) in [6, 6.07) is 30.7. The van der Waals surface area contributed by atoms with Crippen LogP contribution in [0, 0.1) is 13.8 Å². The molecule has 4 aromatic carbocycles. The lowest BCUT2D eigenvalue weighted by Gasteiger charge is -2.32. The number of aryl methyl sites for hydroxylation is 2. The molecule has 0 spiro atoms. The third kappa shape index (κ3) is 8.46. The maximum absolute atomic E-state index is 13.8. The highest BCUT2D eigenvalue weighted by Crippen LogP contribution is 2.35. The van der Waals surface area contributed by atoms with Crippen LogP contribution in [0.2, 0.25) is 0 Å². The number of rotatable bonds is 12. The van der Waals surface area contributed by atoms with E-state index >= 15 is 0 Å². The molecule has 0 radical (unpaired) electrons. The fraction of sp³-hybridized carbons (Fsp3) is 0.314. The number of benzene rings is 4. The first-order valence-electron chi connectivity index (χ1n) is 14.9. The Hall–Kier alpha value is -3.38. The summed E-state index contributed by atoms with van der Waals surface area (Å²) < 4.78 is 73.7. The van der Waals surface area contributed by atoms with E-state index in [1.165, 1.54) is 0 Å². The number of hydrogen-bond acceptors (Lipinski definition) is 6. The van der Waals surface area contributed by atoms with Crippen LogP contribution >= 0.6 is 0 Å². The third-order valence-corrected chi connectivity index (χ3v) is 10.8. The van der Waals surface area contributed by atoms with Crippen LogP contribution in [0.4, 0.5) is 0 Å². The maximum Gasteiger partial charge on any atom is 0.240 e. The molecular weight excluding hydrogens is 609 g/mol. The van der Waals surface area contributed by atoms with Crippen LogP contribution in [0.1, 0.15) is 36.1 Å². The molecule has 1 aliphatic heterocycles.